The Morgan fingerprint density at radius 1 is 1.53 bits per heavy atom. The highest BCUT2D eigenvalue weighted by atomic mass is 16.5. The minimum atomic E-state index is -0.466. The predicted octanol–water partition coefficient (Wildman–Crippen LogP) is -0.356. The van der Waals surface area contributed by atoms with Crippen molar-refractivity contribution in [1.29, 1.82) is 0 Å². The molecule has 1 aliphatic carbocycles. The molecule has 88 valence electrons. The maximum absolute atomic E-state index is 11.5. The Morgan fingerprint density at radius 2 is 2.20 bits per heavy atom. The van der Waals surface area contributed by atoms with Gasteiger partial charge >= 0.3 is 0 Å². The van der Waals surface area contributed by atoms with Crippen molar-refractivity contribution in [1.82, 2.24) is 5.32 Å². The first-order chi connectivity index (χ1) is 7.17. The highest BCUT2D eigenvalue weighted by molar-refractivity contribution is 5.81. The second-order valence-electron chi connectivity index (χ2n) is 3.92. The Labute approximate surface area is 90.3 Å². The number of methoxy groups -OCH3 is 2. The second-order valence-corrected chi connectivity index (χ2v) is 3.92. The number of nitrogens with one attached hydrogen (secondary N) is 1. The van der Waals surface area contributed by atoms with Crippen molar-refractivity contribution in [3.63, 3.8) is 0 Å². The van der Waals surface area contributed by atoms with E-state index in [-0.39, 0.29) is 11.9 Å². The molecule has 1 aliphatic rings. The molecule has 0 aromatic carbocycles. The van der Waals surface area contributed by atoms with Crippen molar-refractivity contribution in [2.45, 2.75) is 37.5 Å². The third-order valence-corrected chi connectivity index (χ3v) is 2.74. The van der Waals surface area contributed by atoms with Crippen LogP contribution in [0.5, 0.6) is 0 Å². The van der Waals surface area contributed by atoms with Crippen LogP contribution in [-0.4, -0.2) is 44.9 Å². The quantitative estimate of drug-likeness (QED) is 0.636. The summed E-state index contributed by atoms with van der Waals surface area (Å²) >= 11 is 0. The molecule has 0 spiro atoms. The maximum atomic E-state index is 11.5. The summed E-state index contributed by atoms with van der Waals surface area (Å²) in [6.07, 6.45) is 2.63. The molecule has 1 atom stereocenters. The molecule has 1 fully saturated rings. The van der Waals surface area contributed by atoms with Gasteiger partial charge in [0.15, 0.2) is 0 Å². The van der Waals surface area contributed by atoms with Crippen molar-refractivity contribution < 1.29 is 14.3 Å². The molecule has 0 aliphatic heterocycles. The van der Waals surface area contributed by atoms with Crippen molar-refractivity contribution in [2.24, 2.45) is 5.73 Å². The van der Waals surface area contributed by atoms with E-state index >= 15 is 0 Å². The molecular weight excluding hydrogens is 196 g/mol. The highest BCUT2D eigenvalue weighted by Gasteiger charge is 2.31. The summed E-state index contributed by atoms with van der Waals surface area (Å²) in [7, 11) is 3.28. The van der Waals surface area contributed by atoms with Crippen molar-refractivity contribution in [3.05, 3.63) is 0 Å². The summed E-state index contributed by atoms with van der Waals surface area (Å²) in [6.45, 7) is 0.514. The van der Waals surface area contributed by atoms with Gasteiger partial charge in [0.05, 0.1) is 12.1 Å². The lowest BCUT2D eigenvalue weighted by Crippen LogP contribution is -2.52. The fraction of sp³-hybridized carbons (Fsp3) is 0.900. The Kier molecular flexibility index (Phi) is 5.01. The number of rotatable bonds is 6. The second kappa shape index (κ2) is 6.05. The van der Waals surface area contributed by atoms with E-state index in [9.17, 15) is 4.79 Å². The van der Waals surface area contributed by atoms with E-state index < -0.39 is 6.04 Å². The standard InChI is InChI=1S/C10H20N2O3/c1-14-4-3-9(11)10(13)12-7-5-8(6-7)15-2/h7-9H,3-6,11H2,1-2H3,(H,12,13). The third kappa shape index (κ3) is 3.77. The first-order valence-electron chi connectivity index (χ1n) is 5.25. The van der Waals surface area contributed by atoms with Crippen molar-refractivity contribution >= 4 is 5.91 Å². The number of carbonyl (C=O) groups excluding carboxylic acids is 1. The van der Waals surface area contributed by atoms with Crippen molar-refractivity contribution in [3.8, 4) is 0 Å². The molecule has 1 amide bonds. The molecular formula is C10H20N2O3. The minimum Gasteiger partial charge on any atom is -0.385 e. The molecule has 1 saturated carbocycles. The van der Waals surface area contributed by atoms with Gasteiger partial charge in [0.25, 0.3) is 0 Å². The average Bonchev–Trinajstić information content (AvgIpc) is 2.18. The molecule has 0 bridgehead atoms. The minimum absolute atomic E-state index is 0.0911. The Hall–Kier alpha value is -0.650. The number of nitrogens with two attached hydrogens (primary N) is 1. The van der Waals surface area contributed by atoms with Gasteiger partial charge in [-0.05, 0) is 19.3 Å². The van der Waals surface area contributed by atoms with E-state index in [1.165, 1.54) is 0 Å². The summed E-state index contributed by atoms with van der Waals surface area (Å²) < 4.78 is 9.98. The van der Waals surface area contributed by atoms with Crippen LogP contribution in [0.1, 0.15) is 19.3 Å². The van der Waals surface area contributed by atoms with Crippen LogP contribution in [0.3, 0.4) is 0 Å². The van der Waals surface area contributed by atoms with Crippen LogP contribution in [0.2, 0.25) is 0 Å². The van der Waals surface area contributed by atoms with Gasteiger partial charge in [-0.25, -0.2) is 0 Å². The van der Waals surface area contributed by atoms with Crippen LogP contribution in [-0.2, 0) is 14.3 Å². The average molecular weight is 216 g/mol. The molecule has 0 aromatic heterocycles. The summed E-state index contributed by atoms with van der Waals surface area (Å²) in [4.78, 5) is 11.5. The molecule has 5 heteroatoms. The smallest absolute Gasteiger partial charge is 0.237 e. The number of amides is 1. The van der Waals surface area contributed by atoms with E-state index in [1.807, 2.05) is 0 Å². The van der Waals surface area contributed by atoms with Crippen LogP contribution < -0.4 is 11.1 Å². The zero-order valence-corrected chi connectivity index (χ0v) is 9.36. The number of hydrogen-bond acceptors (Lipinski definition) is 4. The number of ether oxygens (including phenoxy) is 2. The Balaban J connectivity index is 2.13. The van der Waals surface area contributed by atoms with Crippen LogP contribution >= 0.6 is 0 Å². The first-order valence-corrected chi connectivity index (χ1v) is 5.25. The third-order valence-electron chi connectivity index (χ3n) is 2.74. The van der Waals surface area contributed by atoms with E-state index in [4.69, 9.17) is 15.2 Å². The summed E-state index contributed by atoms with van der Waals surface area (Å²) in [5.74, 6) is -0.0911. The lowest BCUT2D eigenvalue weighted by Gasteiger charge is -2.35. The SMILES string of the molecule is COCCC(N)C(=O)NC1CC(OC)C1. The molecule has 1 unspecified atom stereocenters. The molecule has 1 rings (SSSR count). The molecule has 0 saturated heterocycles. The van der Waals surface area contributed by atoms with Gasteiger partial charge in [0, 0.05) is 26.9 Å². The number of hydrogen-bond donors (Lipinski definition) is 2. The van der Waals surface area contributed by atoms with Crippen LogP contribution in [0.25, 0.3) is 0 Å². The van der Waals surface area contributed by atoms with E-state index in [1.54, 1.807) is 14.2 Å². The fourth-order valence-corrected chi connectivity index (χ4v) is 1.56. The van der Waals surface area contributed by atoms with Gasteiger partial charge < -0.3 is 20.5 Å². The zero-order chi connectivity index (χ0) is 11.3. The van der Waals surface area contributed by atoms with Gasteiger partial charge in [-0.2, -0.15) is 0 Å². The van der Waals surface area contributed by atoms with Crippen LogP contribution in [0.15, 0.2) is 0 Å². The zero-order valence-electron chi connectivity index (χ0n) is 9.36. The van der Waals surface area contributed by atoms with E-state index in [0.29, 0.717) is 19.1 Å². The molecule has 0 aromatic rings. The topological polar surface area (TPSA) is 73.6 Å². The van der Waals surface area contributed by atoms with E-state index in [2.05, 4.69) is 5.32 Å². The molecule has 15 heavy (non-hydrogen) atoms. The lowest BCUT2D eigenvalue weighted by atomic mass is 9.89. The molecule has 0 heterocycles. The molecule has 3 N–H and O–H groups in total. The van der Waals surface area contributed by atoms with Gasteiger partial charge in [0.2, 0.25) is 5.91 Å². The molecule has 0 radical (unpaired) electrons. The Bertz CT molecular complexity index is 205. The van der Waals surface area contributed by atoms with Crippen LogP contribution in [0, 0.1) is 0 Å². The summed E-state index contributed by atoms with van der Waals surface area (Å²) in [6, 6.07) is -0.234. The highest BCUT2D eigenvalue weighted by Crippen LogP contribution is 2.22. The number of carbonyl (C=O) groups is 1. The predicted molar refractivity (Wildman–Crippen MR) is 56.4 cm³/mol. The van der Waals surface area contributed by atoms with Gasteiger partial charge in [0.1, 0.15) is 0 Å². The van der Waals surface area contributed by atoms with Crippen LogP contribution in [0.4, 0.5) is 0 Å². The van der Waals surface area contributed by atoms with Gasteiger partial charge in [-0.1, -0.05) is 0 Å². The largest absolute Gasteiger partial charge is 0.385 e. The summed E-state index contributed by atoms with van der Waals surface area (Å²) in [5.41, 5.74) is 5.67. The monoisotopic (exact) mass is 216 g/mol. The first kappa shape index (κ1) is 12.4. The van der Waals surface area contributed by atoms with E-state index in [0.717, 1.165) is 12.8 Å². The maximum Gasteiger partial charge on any atom is 0.237 e. The Morgan fingerprint density at radius 3 is 2.73 bits per heavy atom. The van der Waals surface area contributed by atoms with Gasteiger partial charge in [-0.15, -0.1) is 0 Å². The lowest BCUT2D eigenvalue weighted by molar-refractivity contribution is -0.125. The van der Waals surface area contributed by atoms with Gasteiger partial charge in [-0.3, -0.25) is 4.79 Å². The normalized spacial score (nSPS) is 26.9. The fourth-order valence-electron chi connectivity index (χ4n) is 1.56. The van der Waals surface area contributed by atoms with Crippen molar-refractivity contribution in [2.75, 3.05) is 20.8 Å². The molecule has 5 nitrogen and oxygen atoms in total. The summed E-state index contributed by atoms with van der Waals surface area (Å²) in [5, 5.41) is 2.89.